The van der Waals surface area contributed by atoms with Gasteiger partial charge in [0.2, 0.25) is 10.0 Å². The maximum atomic E-state index is 12.7. The highest BCUT2D eigenvalue weighted by Gasteiger charge is 2.30. The van der Waals surface area contributed by atoms with E-state index in [4.69, 9.17) is 0 Å². The molecule has 3 rings (SSSR count). The van der Waals surface area contributed by atoms with Gasteiger partial charge in [0.15, 0.2) is 0 Å². The predicted molar refractivity (Wildman–Crippen MR) is 75.8 cm³/mol. The SMILES string of the molecule is Cc1ccc(S(=O)(=O)N2CCc3nc[nH]c3C2)c(C)c1. The van der Waals surface area contributed by atoms with E-state index in [2.05, 4.69) is 9.97 Å². The number of H-pyrrole nitrogens is 1. The summed E-state index contributed by atoms with van der Waals surface area (Å²) in [6.07, 6.45) is 2.28. The zero-order valence-corrected chi connectivity index (χ0v) is 12.4. The Bertz CT molecular complexity index is 750. The normalized spacial score (nSPS) is 16.1. The van der Waals surface area contributed by atoms with Gasteiger partial charge in [0.05, 0.1) is 29.2 Å². The maximum absolute atomic E-state index is 12.7. The first kappa shape index (κ1) is 13.3. The number of nitrogens with one attached hydrogen (secondary N) is 1. The molecule has 0 atom stereocenters. The Morgan fingerprint density at radius 1 is 1.30 bits per heavy atom. The Morgan fingerprint density at radius 3 is 2.85 bits per heavy atom. The number of nitrogens with zero attached hydrogens (tertiary/aromatic N) is 2. The summed E-state index contributed by atoms with van der Waals surface area (Å²) in [6.45, 7) is 4.64. The molecular weight excluding hydrogens is 274 g/mol. The van der Waals surface area contributed by atoms with E-state index in [1.54, 1.807) is 12.4 Å². The van der Waals surface area contributed by atoms with Crippen LogP contribution in [0.15, 0.2) is 29.4 Å². The van der Waals surface area contributed by atoms with Crippen LogP contribution in [-0.2, 0) is 23.0 Å². The summed E-state index contributed by atoms with van der Waals surface area (Å²) in [5, 5.41) is 0. The minimum absolute atomic E-state index is 0.366. The first-order chi connectivity index (χ1) is 9.48. The van der Waals surface area contributed by atoms with E-state index in [9.17, 15) is 8.42 Å². The smallest absolute Gasteiger partial charge is 0.243 e. The lowest BCUT2D eigenvalue weighted by Gasteiger charge is -2.26. The third-order valence-electron chi connectivity index (χ3n) is 3.69. The van der Waals surface area contributed by atoms with E-state index < -0.39 is 10.0 Å². The molecule has 1 aliphatic rings. The lowest BCUT2D eigenvalue weighted by molar-refractivity contribution is 0.385. The highest BCUT2D eigenvalue weighted by molar-refractivity contribution is 7.89. The molecule has 0 aliphatic carbocycles. The molecule has 1 aromatic heterocycles. The van der Waals surface area contributed by atoms with Crippen LogP contribution in [0.2, 0.25) is 0 Å². The summed E-state index contributed by atoms with van der Waals surface area (Å²) in [5.41, 5.74) is 3.72. The van der Waals surface area contributed by atoms with Crippen molar-refractivity contribution >= 4 is 10.0 Å². The van der Waals surface area contributed by atoms with Crippen molar-refractivity contribution in [1.82, 2.24) is 14.3 Å². The topological polar surface area (TPSA) is 66.1 Å². The van der Waals surface area contributed by atoms with Crippen LogP contribution in [0, 0.1) is 13.8 Å². The van der Waals surface area contributed by atoms with Gasteiger partial charge in [0, 0.05) is 13.0 Å². The summed E-state index contributed by atoms with van der Waals surface area (Å²) in [4.78, 5) is 7.61. The van der Waals surface area contributed by atoms with Gasteiger partial charge in [-0.05, 0) is 25.5 Å². The standard InChI is InChI=1S/C14H17N3O2S/c1-10-3-4-14(11(2)7-10)20(18,19)17-6-5-12-13(8-17)16-9-15-12/h3-4,7,9H,5-6,8H2,1-2H3,(H,15,16). The van der Waals surface area contributed by atoms with E-state index in [1.165, 1.54) is 4.31 Å². The van der Waals surface area contributed by atoms with Crippen LogP contribution >= 0.6 is 0 Å². The molecule has 106 valence electrons. The van der Waals surface area contributed by atoms with Gasteiger partial charge in [-0.1, -0.05) is 17.7 Å². The molecule has 0 bridgehead atoms. The third-order valence-corrected chi connectivity index (χ3v) is 5.69. The summed E-state index contributed by atoms with van der Waals surface area (Å²) in [6, 6.07) is 5.44. The van der Waals surface area contributed by atoms with Crippen molar-refractivity contribution in [2.45, 2.75) is 31.7 Å². The molecule has 0 fully saturated rings. The summed E-state index contributed by atoms with van der Waals surface area (Å²) >= 11 is 0. The molecule has 2 heterocycles. The largest absolute Gasteiger partial charge is 0.347 e. The van der Waals surface area contributed by atoms with Crippen LogP contribution in [0.5, 0.6) is 0 Å². The van der Waals surface area contributed by atoms with E-state index in [0.29, 0.717) is 24.4 Å². The second-order valence-corrected chi connectivity index (χ2v) is 7.09. The van der Waals surface area contributed by atoms with Gasteiger partial charge in [-0.15, -0.1) is 0 Å². The van der Waals surface area contributed by atoms with Crippen molar-refractivity contribution in [3.63, 3.8) is 0 Å². The quantitative estimate of drug-likeness (QED) is 0.917. The number of rotatable bonds is 2. The zero-order valence-electron chi connectivity index (χ0n) is 11.5. The second kappa shape index (κ2) is 4.71. The Hall–Kier alpha value is -1.66. The van der Waals surface area contributed by atoms with Crippen molar-refractivity contribution in [2.75, 3.05) is 6.54 Å². The molecule has 20 heavy (non-hydrogen) atoms. The van der Waals surface area contributed by atoms with Crippen LogP contribution in [0.1, 0.15) is 22.5 Å². The molecule has 0 spiro atoms. The molecular formula is C14H17N3O2S. The van der Waals surface area contributed by atoms with E-state index in [-0.39, 0.29) is 0 Å². The number of aromatic amines is 1. The summed E-state index contributed by atoms with van der Waals surface area (Å²) < 4.78 is 27.0. The first-order valence-electron chi connectivity index (χ1n) is 6.57. The summed E-state index contributed by atoms with van der Waals surface area (Å²) in [5.74, 6) is 0. The average Bonchev–Trinajstić information content (AvgIpc) is 2.85. The number of fused-ring (bicyclic) bond motifs is 1. The van der Waals surface area contributed by atoms with Gasteiger partial charge >= 0.3 is 0 Å². The van der Waals surface area contributed by atoms with E-state index in [0.717, 1.165) is 22.5 Å². The first-order valence-corrected chi connectivity index (χ1v) is 8.01. The molecule has 0 saturated carbocycles. The maximum Gasteiger partial charge on any atom is 0.243 e. The predicted octanol–water partition coefficient (Wildman–Crippen LogP) is 1.77. The Labute approximate surface area is 118 Å². The number of imidazole rings is 1. The van der Waals surface area contributed by atoms with E-state index in [1.807, 2.05) is 26.0 Å². The van der Waals surface area contributed by atoms with Crippen LogP contribution in [0.4, 0.5) is 0 Å². The number of sulfonamides is 1. The molecule has 0 amide bonds. The monoisotopic (exact) mass is 291 g/mol. The fourth-order valence-corrected chi connectivity index (χ4v) is 4.24. The van der Waals surface area contributed by atoms with Crippen LogP contribution in [0.25, 0.3) is 0 Å². The van der Waals surface area contributed by atoms with Crippen molar-refractivity contribution in [3.05, 3.63) is 47.0 Å². The minimum atomic E-state index is -3.44. The molecule has 6 heteroatoms. The molecule has 5 nitrogen and oxygen atoms in total. The Morgan fingerprint density at radius 2 is 2.10 bits per heavy atom. The molecule has 1 aliphatic heterocycles. The van der Waals surface area contributed by atoms with Gasteiger partial charge in [-0.2, -0.15) is 4.31 Å². The van der Waals surface area contributed by atoms with Crippen molar-refractivity contribution in [3.8, 4) is 0 Å². The lowest BCUT2D eigenvalue weighted by Crippen LogP contribution is -2.36. The fourth-order valence-electron chi connectivity index (χ4n) is 2.62. The summed E-state index contributed by atoms with van der Waals surface area (Å²) in [7, 11) is -3.44. The highest BCUT2D eigenvalue weighted by atomic mass is 32.2. The number of aromatic nitrogens is 2. The van der Waals surface area contributed by atoms with Crippen molar-refractivity contribution in [1.29, 1.82) is 0 Å². The molecule has 0 unspecified atom stereocenters. The number of benzene rings is 1. The van der Waals surface area contributed by atoms with Gasteiger partial charge in [0.1, 0.15) is 0 Å². The highest BCUT2D eigenvalue weighted by Crippen LogP contribution is 2.25. The molecule has 0 saturated heterocycles. The van der Waals surface area contributed by atoms with Gasteiger partial charge in [-0.25, -0.2) is 13.4 Å². The van der Waals surface area contributed by atoms with Gasteiger partial charge in [-0.3, -0.25) is 0 Å². The molecule has 1 N–H and O–H groups in total. The second-order valence-electron chi connectivity index (χ2n) is 5.19. The Kier molecular flexibility index (Phi) is 3.14. The molecule has 0 radical (unpaired) electrons. The van der Waals surface area contributed by atoms with Gasteiger partial charge < -0.3 is 4.98 Å². The number of hydrogen-bond donors (Lipinski definition) is 1. The zero-order chi connectivity index (χ0) is 14.3. The average molecular weight is 291 g/mol. The fraction of sp³-hybridized carbons (Fsp3) is 0.357. The lowest BCUT2D eigenvalue weighted by atomic mass is 10.2. The third kappa shape index (κ3) is 2.14. The van der Waals surface area contributed by atoms with Crippen LogP contribution in [-0.4, -0.2) is 29.2 Å². The number of aryl methyl sites for hydroxylation is 2. The van der Waals surface area contributed by atoms with E-state index >= 15 is 0 Å². The molecule has 2 aromatic rings. The van der Waals surface area contributed by atoms with Crippen LogP contribution < -0.4 is 0 Å². The van der Waals surface area contributed by atoms with Crippen molar-refractivity contribution in [2.24, 2.45) is 0 Å². The van der Waals surface area contributed by atoms with Gasteiger partial charge in [0.25, 0.3) is 0 Å². The van der Waals surface area contributed by atoms with Crippen LogP contribution in [0.3, 0.4) is 0 Å². The number of hydrogen-bond acceptors (Lipinski definition) is 3. The minimum Gasteiger partial charge on any atom is -0.347 e. The Balaban J connectivity index is 1.97. The van der Waals surface area contributed by atoms with Crippen molar-refractivity contribution < 1.29 is 8.42 Å². The molecule has 1 aromatic carbocycles.